The average Bonchev–Trinajstić information content (AvgIpc) is 2.94. The summed E-state index contributed by atoms with van der Waals surface area (Å²) in [6.07, 6.45) is 0. The van der Waals surface area contributed by atoms with Crippen molar-refractivity contribution in [2.45, 2.75) is 13.8 Å². The predicted molar refractivity (Wildman–Crippen MR) is 68.7 cm³/mol. The van der Waals surface area contributed by atoms with Crippen molar-refractivity contribution < 1.29 is 19.4 Å². The molecule has 0 radical (unpaired) electrons. The summed E-state index contributed by atoms with van der Waals surface area (Å²) in [6, 6.07) is 0. The predicted octanol–water partition coefficient (Wildman–Crippen LogP) is -0.208. The summed E-state index contributed by atoms with van der Waals surface area (Å²) in [5.74, 6) is -1.95. The number of amides is 1. The van der Waals surface area contributed by atoms with Crippen LogP contribution in [0.5, 0.6) is 0 Å². The number of carbonyl (C=O) groups excluding carboxylic acids is 1. The minimum Gasteiger partial charge on any atom is -0.481 e. The highest BCUT2D eigenvalue weighted by molar-refractivity contribution is 5.91. The van der Waals surface area contributed by atoms with E-state index < -0.39 is 23.2 Å². The summed E-state index contributed by atoms with van der Waals surface area (Å²) < 4.78 is 5.25. The first-order valence-corrected chi connectivity index (χ1v) is 6.75. The molecule has 1 aliphatic carbocycles. The summed E-state index contributed by atoms with van der Waals surface area (Å²) >= 11 is 0. The van der Waals surface area contributed by atoms with Crippen molar-refractivity contribution in [2.75, 3.05) is 39.4 Å². The third kappa shape index (κ3) is 3.06. The third-order valence-electron chi connectivity index (χ3n) is 4.21. The van der Waals surface area contributed by atoms with Gasteiger partial charge in [-0.1, -0.05) is 13.8 Å². The molecule has 1 amide bonds. The number of morpholine rings is 1. The van der Waals surface area contributed by atoms with Crippen LogP contribution in [0, 0.1) is 17.3 Å². The second-order valence-electron chi connectivity index (χ2n) is 5.86. The number of nitrogens with one attached hydrogen (secondary N) is 1. The summed E-state index contributed by atoms with van der Waals surface area (Å²) in [6.45, 7) is 8.29. The van der Waals surface area contributed by atoms with Gasteiger partial charge in [-0.25, -0.2) is 0 Å². The van der Waals surface area contributed by atoms with Gasteiger partial charge in [0.1, 0.15) is 0 Å². The number of carboxylic acid groups (broad SMARTS) is 1. The van der Waals surface area contributed by atoms with Gasteiger partial charge in [0.05, 0.1) is 25.0 Å². The van der Waals surface area contributed by atoms with Gasteiger partial charge in [0.25, 0.3) is 0 Å². The third-order valence-corrected chi connectivity index (χ3v) is 4.21. The fourth-order valence-electron chi connectivity index (χ4n) is 2.86. The van der Waals surface area contributed by atoms with Crippen molar-refractivity contribution >= 4 is 11.9 Å². The Labute approximate surface area is 113 Å². The van der Waals surface area contributed by atoms with Gasteiger partial charge in [-0.15, -0.1) is 0 Å². The average molecular weight is 270 g/mol. The van der Waals surface area contributed by atoms with Gasteiger partial charge < -0.3 is 15.2 Å². The van der Waals surface area contributed by atoms with Gasteiger partial charge in [0.15, 0.2) is 0 Å². The Morgan fingerprint density at radius 1 is 1.32 bits per heavy atom. The van der Waals surface area contributed by atoms with Crippen LogP contribution in [0.2, 0.25) is 0 Å². The first kappa shape index (κ1) is 14.3. The Balaban J connectivity index is 1.72. The smallest absolute Gasteiger partial charge is 0.307 e. The molecule has 6 heteroatoms. The van der Waals surface area contributed by atoms with Gasteiger partial charge in [0.2, 0.25) is 5.91 Å². The van der Waals surface area contributed by atoms with Crippen molar-refractivity contribution in [3.63, 3.8) is 0 Å². The van der Waals surface area contributed by atoms with E-state index in [0.717, 1.165) is 32.8 Å². The first-order valence-electron chi connectivity index (χ1n) is 6.75. The molecule has 1 aliphatic heterocycles. The monoisotopic (exact) mass is 270 g/mol. The topological polar surface area (TPSA) is 78.9 Å². The van der Waals surface area contributed by atoms with E-state index in [2.05, 4.69) is 10.2 Å². The summed E-state index contributed by atoms with van der Waals surface area (Å²) in [4.78, 5) is 25.2. The molecule has 1 saturated carbocycles. The molecule has 1 saturated heterocycles. The molecule has 0 aromatic rings. The molecule has 0 bridgehead atoms. The number of carboxylic acids is 1. The Bertz CT molecular complexity index is 364. The van der Waals surface area contributed by atoms with Crippen molar-refractivity contribution in [1.82, 2.24) is 10.2 Å². The lowest BCUT2D eigenvalue weighted by Gasteiger charge is -2.26. The maximum Gasteiger partial charge on any atom is 0.307 e. The van der Waals surface area contributed by atoms with Crippen LogP contribution in [0.15, 0.2) is 0 Å². The highest BCUT2D eigenvalue weighted by Crippen LogP contribution is 2.58. The lowest BCUT2D eigenvalue weighted by atomic mass is 10.1. The number of hydrogen-bond acceptors (Lipinski definition) is 4. The van der Waals surface area contributed by atoms with Crippen LogP contribution in [0.1, 0.15) is 13.8 Å². The van der Waals surface area contributed by atoms with E-state index in [1.165, 1.54) is 0 Å². The van der Waals surface area contributed by atoms with Crippen LogP contribution in [0.4, 0.5) is 0 Å². The highest BCUT2D eigenvalue weighted by atomic mass is 16.5. The van der Waals surface area contributed by atoms with Gasteiger partial charge in [-0.2, -0.15) is 0 Å². The molecule has 108 valence electrons. The number of rotatable bonds is 5. The normalized spacial score (nSPS) is 29.8. The molecule has 2 aliphatic rings. The molecule has 0 unspecified atom stereocenters. The molecule has 1 heterocycles. The molecular weight excluding hydrogens is 248 g/mol. The van der Waals surface area contributed by atoms with Crippen LogP contribution in [-0.4, -0.2) is 61.3 Å². The number of hydrogen-bond donors (Lipinski definition) is 2. The number of aliphatic carboxylic acids is 1. The first-order chi connectivity index (χ1) is 8.94. The Kier molecular flexibility index (Phi) is 4.10. The summed E-state index contributed by atoms with van der Waals surface area (Å²) in [7, 11) is 0. The minimum atomic E-state index is -0.877. The van der Waals surface area contributed by atoms with E-state index in [1.807, 2.05) is 13.8 Å². The van der Waals surface area contributed by atoms with E-state index in [9.17, 15) is 9.59 Å². The van der Waals surface area contributed by atoms with Crippen LogP contribution in [-0.2, 0) is 14.3 Å². The van der Waals surface area contributed by atoms with Crippen molar-refractivity contribution in [2.24, 2.45) is 17.3 Å². The fourth-order valence-corrected chi connectivity index (χ4v) is 2.86. The van der Waals surface area contributed by atoms with Gasteiger partial charge >= 0.3 is 5.97 Å². The van der Waals surface area contributed by atoms with Crippen LogP contribution in [0.25, 0.3) is 0 Å². The van der Waals surface area contributed by atoms with E-state index in [1.54, 1.807) is 0 Å². The molecule has 19 heavy (non-hydrogen) atoms. The molecule has 0 aromatic heterocycles. The Hall–Kier alpha value is -1.14. The molecule has 2 N–H and O–H groups in total. The molecule has 0 spiro atoms. The van der Waals surface area contributed by atoms with Gasteiger partial charge in [-0.3, -0.25) is 14.5 Å². The fraction of sp³-hybridized carbons (Fsp3) is 0.846. The lowest BCUT2D eigenvalue weighted by molar-refractivity contribution is -0.140. The van der Waals surface area contributed by atoms with Crippen molar-refractivity contribution in [3.8, 4) is 0 Å². The van der Waals surface area contributed by atoms with E-state index in [0.29, 0.717) is 6.54 Å². The van der Waals surface area contributed by atoms with E-state index in [4.69, 9.17) is 9.84 Å². The molecule has 2 fully saturated rings. The maximum atomic E-state index is 12.0. The maximum absolute atomic E-state index is 12.0. The van der Waals surface area contributed by atoms with Crippen molar-refractivity contribution in [1.29, 1.82) is 0 Å². The Morgan fingerprint density at radius 3 is 2.47 bits per heavy atom. The van der Waals surface area contributed by atoms with Crippen LogP contribution < -0.4 is 5.32 Å². The highest BCUT2D eigenvalue weighted by Gasteiger charge is 2.65. The van der Waals surface area contributed by atoms with Crippen LogP contribution in [0.3, 0.4) is 0 Å². The lowest BCUT2D eigenvalue weighted by Crippen LogP contribution is -2.41. The molecule has 2 atom stereocenters. The summed E-state index contributed by atoms with van der Waals surface area (Å²) in [5, 5.41) is 11.9. The van der Waals surface area contributed by atoms with E-state index >= 15 is 0 Å². The SMILES string of the molecule is CC1(C)[C@@H](C(=O)O)[C@@H]1C(=O)NCCN1CCOCC1. The number of nitrogens with zero attached hydrogens (tertiary/aromatic N) is 1. The number of ether oxygens (including phenoxy) is 1. The largest absolute Gasteiger partial charge is 0.481 e. The molecule has 6 nitrogen and oxygen atoms in total. The molecule has 0 aromatic carbocycles. The van der Waals surface area contributed by atoms with E-state index in [-0.39, 0.29) is 5.91 Å². The standard InChI is InChI=1S/C13H22N2O4/c1-13(2)9(10(13)12(17)18)11(16)14-3-4-15-5-7-19-8-6-15/h9-10H,3-8H2,1-2H3,(H,14,16)(H,17,18)/t9-,10-/m1/s1. The number of carbonyl (C=O) groups is 2. The van der Waals surface area contributed by atoms with Crippen LogP contribution >= 0.6 is 0 Å². The molecular formula is C13H22N2O4. The second-order valence-corrected chi connectivity index (χ2v) is 5.86. The zero-order chi connectivity index (χ0) is 14.0. The zero-order valence-corrected chi connectivity index (χ0v) is 11.5. The molecule has 2 rings (SSSR count). The quantitative estimate of drug-likeness (QED) is 0.723. The second kappa shape index (κ2) is 5.46. The van der Waals surface area contributed by atoms with Gasteiger partial charge in [-0.05, 0) is 5.41 Å². The summed E-state index contributed by atoms with van der Waals surface area (Å²) in [5.41, 5.74) is -0.422. The zero-order valence-electron chi connectivity index (χ0n) is 11.5. The minimum absolute atomic E-state index is 0.134. The Morgan fingerprint density at radius 2 is 1.95 bits per heavy atom. The van der Waals surface area contributed by atoms with Crippen molar-refractivity contribution in [3.05, 3.63) is 0 Å². The van der Waals surface area contributed by atoms with Gasteiger partial charge in [0, 0.05) is 26.2 Å².